The van der Waals surface area contributed by atoms with Crippen molar-refractivity contribution in [3.63, 3.8) is 0 Å². The number of carbonyl (C=O) groups is 2. The summed E-state index contributed by atoms with van der Waals surface area (Å²) in [6.45, 7) is 0.295. The molecule has 0 heterocycles. The number of amides is 1. The van der Waals surface area contributed by atoms with Gasteiger partial charge in [0.1, 0.15) is 0 Å². The third kappa shape index (κ3) is 4.63. The number of hydrogen-bond donors (Lipinski definition) is 2. The molecule has 0 radical (unpaired) electrons. The van der Waals surface area contributed by atoms with Crippen molar-refractivity contribution in [1.29, 1.82) is 0 Å². The van der Waals surface area contributed by atoms with Crippen molar-refractivity contribution in [2.24, 2.45) is 0 Å². The lowest BCUT2D eigenvalue weighted by Crippen LogP contribution is -2.27. The van der Waals surface area contributed by atoms with Gasteiger partial charge < -0.3 is 5.32 Å². The molecule has 0 unspecified atom stereocenters. The maximum Gasteiger partial charge on any atom is 0.300 e. The molecule has 142 valence electrons. The average Bonchev–Trinajstić information content (AvgIpc) is 2.73. The molecule has 0 aliphatic rings. The van der Waals surface area contributed by atoms with Gasteiger partial charge in [0.15, 0.2) is 0 Å². The summed E-state index contributed by atoms with van der Waals surface area (Å²) < 4.78 is 27.2. The minimum absolute atomic E-state index is 0.0392. The highest BCUT2D eigenvalue weighted by molar-refractivity contribution is 8.07. The number of sulfonamides is 1. The minimum atomic E-state index is -4.36. The summed E-state index contributed by atoms with van der Waals surface area (Å²) in [5, 5.41) is 1.68. The number of anilines is 1. The Balaban J connectivity index is 1.78. The second-order valence-electron chi connectivity index (χ2n) is 5.97. The molecule has 0 bridgehead atoms. The molecule has 0 aliphatic heterocycles. The number of carbonyl (C=O) groups excluding carboxylic acids is 2. The summed E-state index contributed by atoms with van der Waals surface area (Å²) in [5.41, 5.74) is 1.12. The van der Waals surface area contributed by atoms with Crippen molar-refractivity contribution in [2.45, 2.75) is 6.54 Å². The summed E-state index contributed by atoms with van der Waals surface area (Å²) in [7, 11) is -4.36. The van der Waals surface area contributed by atoms with Crippen LogP contribution in [0.15, 0.2) is 84.9 Å². The van der Waals surface area contributed by atoms with E-state index in [1.807, 2.05) is 30.3 Å². The third-order valence-corrected chi connectivity index (χ3v) is 5.18. The van der Waals surface area contributed by atoms with Gasteiger partial charge in [0.2, 0.25) is 0 Å². The van der Waals surface area contributed by atoms with Gasteiger partial charge in [0.05, 0.1) is 11.3 Å². The van der Waals surface area contributed by atoms with Gasteiger partial charge in [-0.2, -0.15) is 8.42 Å². The fourth-order valence-electron chi connectivity index (χ4n) is 2.56. The molecule has 28 heavy (non-hydrogen) atoms. The van der Waals surface area contributed by atoms with E-state index in [0.29, 0.717) is 6.54 Å². The quantitative estimate of drug-likeness (QED) is 0.672. The van der Waals surface area contributed by atoms with Crippen molar-refractivity contribution in [3.8, 4) is 0 Å². The van der Waals surface area contributed by atoms with Crippen molar-refractivity contribution in [1.82, 2.24) is 5.32 Å². The van der Waals surface area contributed by atoms with Crippen LogP contribution in [0.5, 0.6) is 0 Å². The van der Waals surface area contributed by atoms with E-state index in [0.717, 1.165) is 5.56 Å². The van der Waals surface area contributed by atoms with Crippen molar-refractivity contribution >= 4 is 26.7 Å². The zero-order chi connectivity index (χ0) is 20.0. The van der Waals surface area contributed by atoms with E-state index in [1.165, 1.54) is 24.3 Å². The standard InChI is InChI=1S/C21H18N2O4S/c24-20(22-15-16-9-3-1-4-10-16)18-13-7-8-14-19(18)23-28(26,27)21(25)17-11-5-2-6-12-17/h1-14,23H,15H2,(H,22,24). The van der Waals surface area contributed by atoms with Crippen molar-refractivity contribution in [3.05, 3.63) is 102 Å². The second-order valence-corrected chi connectivity index (χ2v) is 7.55. The molecule has 0 saturated carbocycles. The van der Waals surface area contributed by atoms with Gasteiger partial charge in [-0.25, -0.2) is 0 Å². The van der Waals surface area contributed by atoms with Gasteiger partial charge in [0.25, 0.3) is 11.0 Å². The summed E-state index contributed by atoms with van der Waals surface area (Å²) in [4.78, 5) is 24.8. The molecule has 7 heteroatoms. The van der Waals surface area contributed by atoms with Crippen LogP contribution in [0.25, 0.3) is 0 Å². The summed E-state index contributed by atoms with van der Waals surface area (Å²) in [5.74, 6) is -0.450. The minimum Gasteiger partial charge on any atom is -0.348 e. The zero-order valence-corrected chi connectivity index (χ0v) is 15.6. The Kier molecular flexibility index (Phi) is 5.86. The van der Waals surface area contributed by atoms with Gasteiger partial charge >= 0.3 is 10.0 Å². The Bertz CT molecular complexity index is 1080. The monoisotopic (exact) mass is 394 g/mol. The van der Waals surface area contributed by atoms with Gasteiger partial charge in [-0.15, -0.1) is 0 Å². The van der Waals surface area contributed by atoms with Crippen LogP contribution in [-0.2, 0) is 16.6 Å². The lowest BCUT2D eigenvalue weighted by Gasteiger charge is -2.12. The van der Waals surface area contributed by atoms with E-state index in [4.69, 9.17) is 0 Å². The summed E-state index contributed by atoms with van der Waals surface area (Å²) >= 11 is 0. The molecule has 0 aliphatic carbocycles. The van der Waals surface area contributed by atoms with Crippen LogP contribution in [0.2, 0.25) is 0 Å². The van der Waals surface area contributed by atoms with E-state index in [2.05, 4.69) is 10.0 Å². The normalized spacial score (nSPS) is 10.9. The van der Waals surface area contributed by atoms with E-state index in [1.54, 1.807) is 30.3 Å². The average molecular weight is 394 g/mol. The van der Waals surface area contributed by atoms with Crippen molar-refractivity contribution in [2.75, 3.05) is 4.72 Å². The second kappa shape index (κ2) is 8.49. The van der Waals surface area contributed by atoms with Crippen LogP contribution in [0.4, 0.5) is 5.69 Å². The topological polar surface area (TPSA) is 92.3 Å². The SMILES string of the molecule is O=C(NCc1ccccc1)c1ccccc1NS(=O)(=O)C(=O)c1ccccc1. The molecule has 2 N–H and O–H groups in total. The lowest BCUT2D eigenvalue weighted by atomic mass is 10.1. The van der Waals surface area contributed by atoms with Gasteiger partial charge in [-0.1, -0.05) is 72.8 Å². The molecule has 3 rings (SSSR count). The smallest absolute Gasteiger partial charge is 0.300 e. The predicted molar refractivity (Wildman–Crippen MR) is 107 cm³/mol. The highest BCUT2D eigenvalue weighted by Gasteiger charge is 2.25. The summed E-state index contributed by atoms with van der Waals surface area (Å²) in [6, 6.07) is 23.1. The molecule has 1 amide bonds. The van der Waals surface area contributed by atoms with E-state index >= 15 is 0 Å². The van der Waals surface area contributed by atoms with Crippen molar-refractivity contribution < 1.29 is 18.0 Å². The maximum atomic E-state index is 12.5. The molecular formula is C21H18N2O4S. The Labute approximate surface area is 163 Å². The molecule has 3 aromatic rings. The Morgan fingerprint density at radius 3 is 2.00 bits per heavy atom. The molecule has 0 saturated heterocycles. The van der Waals surface area contributed by atoms with E-state index < -0.39 is 21.0 Å². The first-order valence-electron chi connectivity index (χ1n) is 8.51. The number of para-hydroxylation sites is 1. The van der Waals surface area contributed by atoms with Crippen LogP contribution in [0, 0.1) is 0 Å². The van der Waals surface area contributed by atoms with E-state index in [-0.39, 0.29) is 16.8 Å². The van der Waals surface area contributed by atoms with Gasteiger partial charge in [-0.3, -0.25) is 14.3 Å². The first kappa shape index (κ1) is 19.3. The Morgan fingerprint density at radius 2 is 1.32 bits per heavy atom. The molecule has 0 atom stereocenters. The number of nitrogens with one attached hydrogen (secondary N) is 2. The lowest BCUT2D eigenvalue weighted by molar-refractivity contribution is 0.0951. The van der Waals surface area contributed by atoms with Crippen LogP contribution in [0.3, 0.4) is 0 Å². The highest BCUT2D eigenvalue weighted by Crippen LogP contribution is 2.18. The van der Waals surface area contributed by atoms with Crippen LogP contribution in [-0.4, -0.2) is 19.4 Å². The predicted octanol–water partition coefficient (Wildman–Crippen LogP) is 3.20. The van der Waals surface area contributed by atoms with Gasteiger partial charge in [-0.05, 0) is 17.7 Å². The number of rotatable bonds is 6. The molecular weight excluding hydrogens is 376 g/mol. The van der Waals surface area contributed by atoms with E-state index in [9.17, 15) is 18.0 Å². The fraction of sp³-hybridized carbons (Fsp3) is 0.0476. The molecule has 0 aromatic heterocycles. The molecule has 0 spiro atoms. The fourth-order valence-corrected chi connectivity index (χ4v) is 3.57. The Morgan fingerprint density at radius 1 is 0.750 bits per heavy atom. The first-order chi connectivity index (χ1) is 13.5. The van der Waals surface area contributed by atoms with Crippen LogP contribution >= 0.6 is 0 Å². The first-order valence-corrected chi connectivity index (χ1v) is 9.99. The van der Waals surface area contributed by atoms with Crippen LogP contribution < -0.4 is 10.0 Å². The Hall–Kier alpha value is -3.45. The summed E-state index contributed by atoms with van der Waals surface area (Å²) in [6.07, 6.45) is 0. The largest absolute Gasteiger partial charge is 0.348 e. The molecule has 6 nitrogen and oxygen atoms in total. The van der Waals surface area contributed by atoms with Gasteiger partial charge in [0, 0.05) is 12.1 Å². The highest BCUT2D eigenvalue weighted by atomic mass is 32.2. The molecule has 0 fully saturated rings. The third-order valence-electron chi connectivity index (χ3n) is 3.97. The molecule has 3 aromatic carbocycles. The maximum absolute atomic E-state index is 12.5. The number of benzene rings is 3. The number of hydrogen-bond acceptors (Lipinski definition) is 4. The zero-order valence-electron chi connectivity index (χ0n) is 14.8. The van der Waals surface area contributed by atoms with Crippen LogP contribution in [0.1, 0.15) is 26.3 Å².